The van der Waals surface area contributed by atoms with Gasteiger partial charge in [0.05, 0.1) is 30.6 Å². The van der Waals surface area contributed by atoms with Crippen LogP contribution >= 0.6 is 0 Å². The number of hydrogen-bond donors (Lipinski definition) is 3. The summed E-state index contributed by atoms with van der Waals surface area (Å²) in [6, 6.07) is 16.8. The number of aromatic hydroxyl groups is 1. The zero-order chi connectivity index (χ0) is 30.1. The third kappa shape index (κ3) is 5.65. The predicted molar refractivity (Wildman–Crippen MR) is 156 cm³/mol. The fraction of sp³-hybridized carbons (Fsp3) is 0.125. The molecule has 0 aliphatic carbocycles. The Bertz CT molecular complexity index is 2020. The van der Waals surface area contributed by atoms with E-state index in [0.717, 1.165) is 11.6 Å². The number of benzene rings is 3. The smallest absolute Gasteiger partial charge is 0.267 e. The molecule has 43 heavy (non-hydrogen) atoms. The number of pyridine rings is 1. The molecule has 0 saturated carbocycles. The minimum atomic E-state index is -1.01. The molecule has 0 radical (unpaired) electrons. The summed E-state index contributed by atoms with van der Waals surface area (Å²) in [5, 5.41) is 13.8. The molecule has 3 aromatic carbocycles. The Hall–Kier alpha value is -5.58. The second-order valence-electron chi connectivity index (χ2n) is 10.0. The molecule has 6 aromatic rings. The second-order valence-corrected chi connectivity index (χ2v) is 10.0. The lowest BCUT2D eigenvalue weighted by Crippen LogP contribution is -2.36. The van der Waals surface area contributed by atoms with Crippen LogP contribution in [0.25, 0.3) is 27.6 Å². The molecule has 0 saturated heterocycles. The molecule has 216 valence electrons. The standard InChI is InChI=1S/C32H25F2N5O4/c1-43-24-7-4-22(5-8-24)39-31(38-30-25(32(39)42)3-2-10-35-30)28(13-18-11-20(33)15-21(34)12-18)37-29(41)14-19-17-36-27-9-6-23(40)16-26(19)27/h2-12,15-17,28,36,40H,13-14H2,1H3,(H,37,41)/t28-/m0/s1. The number of aromatic nitrogens is 4. The first-order valence-electron chi connectivity index (χ1n) is 13.3. The van der Waals surface area contributed by atoms with Gasteiger partial charge in [-0.1, -0.05) is 0 Å². The third-order valence-electron chi connectivity index (χ3n) is 7.11. The van der Waals surface area contributed by atoms with Crippen LogP contribution in [0.2, 0.25) is 0 Å². The van der Waals surface area contributed by atoms with Crippen molar-refractivity contribution in [3.63, 3.8) is 0 Å². The predicted octanol–water partition coefficient (Wildman–Crippen LogP) is 4.90. The highest BCUT2D eigenvalue weighted by molar-refractivity contribution is 5.89. The molecule has 0 aliphatic heterocycles. The number of carbonyl (C=O) groups is 1. The van der Waals surface area contributed by atoms with Crippen LogP contribution in [0, 0.1) is 11.6 Å². The Labute approximate surface area is 243 Å². The van der Waals surface area contributed by atoms with Crippen LogP contribution in [0.3, 0.4) is 0 Å². The molecule has 0 bridgehead atoms. The van der Waals surface area contributed by atoms with Crippen molar-refractivity contribution in [3.05, 3.63) is 124 Å². The number of methoxy groups -OCH3 is 1. The van der Waals surface area contributed by atoms with Crippen molar-refractivity contribution < 1.29 is 23.4 Å². The zero-order valence-corrected chi connectivity index (χ0v) is 22.8. The van der Waals surface area contributed by atoms with E-state index < -0.39 is 29.1 Å². The lowest BCUT2D eigenvalue weighted by molar-refractivity contribution is -0.121. The monoisotopic (exact) mass is 581 g/mol. The van der Waals surface area contributed by atoms with Gasteiger partial charge in [-0.25, -0.2) is 18.7 Å². The van der Waals surface area contributed by atoms with E-state index in [2.05, 4.69) is 20.3 Å². The van der Waals surface area contributed by atoms with Crippen molar-refractivity contribution in [1.82, 2.24) is 24.8 Å². The molecule has 1 amide bonds. The van der Waals surface area contributed by atoms with Crippen LogP contribution in [0.5, 0.6) is 11.5 Å². The molecule has 0 spiro atoms. The van der Waals surface area contributed by atoms with E-state index in [9.17, 15) is 23.5 Å². The van der Waals surface area contributed by atoms with Gasteiger partial charge in [-0.2, -0.15) is 0 Å². The second kappa shape index (κ2) is 11.4. The molecular formula is C32H25F2N5O4. The first-order chi connectivity index (χ1) is 20.8. The molecular weight excluding hydrogens is 556 g/mol. The average Bonchev–Trinajstić information content (AvgIpc) is 3.37. The lowest BCUT2D eigenvalue weighted by atomic mass is 10.0. The zero-order valence-electron chi connectivity index (χ0n) is 22.8. The highest BCUT2D eigenvalue weighted by Gasteiger charge is 2.25. The van der Waals surface area contributed by atoms with Crippen LogP contribution in [0.4, 0.5) is 8.78 Å². The molecule has 9 nitrogen and oxygen atoms in total. The first-order valence-corrected chi connectivity index (χ1v) is 13.3. The van der Waals surface area contributed by atoms with Crippen LogP contribution < -0.4 is 15.6 Å². The number of phenols is 1. The average molecular weight is 582 g/mol. The van der Waals surface area contributed by atoms with Gasteiger partial charge in [0.25, 0.3) is 5.56 Å². The highest BCUT2D eigenvalue weighted by Crippen LogP contribution is 2.26. The maximum absolute atomic E-state index is 14.2. The number of ether oxygens (including phenoxy) is 1. The summed E-state index contributed by atoms with van der Waals surface area (Å²) in [5.41, 5.74) is 1.77. The Morgan fingerprint density at radius 3 is 2.56 bits per heavy atom. The Morgan fingerprint density at radius 1 is 1.05 bits per heavy atom. The van der Waals surface area contributed by atoms with Crippen molar-refractivity contribution in [3.8, 4) is 17.2 Å². The number of amides is 1. The number of fused-ring (bicyclic) bond motifs is 2. The normalized spacial score (nSPS) is 12.0. The molecule has 3 N–H and O–H groups in total. The minimum absolute atomic E-state index is 0.0520. The number of nitrogens with zero attached hydrogens (tertiary/aromatic N) is 3. The summed E-state index contributed by atoms with van der Waals surface area (Å²) in [6.07, 6.45) is 3.00. The van der Waals surface area contributed by atoms with Gasteiger partial charge in [0.15, 0.2) is 5.65 Å². The highest BCUT2D eigenvalue weighted by atomic mass is 19.1. The summed E-state index contributed by atoms with van der Waals surface area (Å²) in [5.74, 6) is -1.26. The van der Waals surface area contributed by atoms with Gasteiger partial charge >= 0.3 is 0 Å². The van der Waals surface area contributed by atoms with Crippen LogP contribution in [0.1, 0.15) is 23.0 Å². The molecule has 0 fully saturated rings. The van der Waals surface area contributed by atoms with E-state index in [1.54, 1.807) is 54.7 Å². The quantitative estimate of drug-likeness (QED) is 0.235. The Kier molecular flexibility index (Phi) is 7.29. The van der Waals surface area contributed by atoms with Gasteiger partial charge in [0.1, 0.15) is 29.0 Å². The summed E-state index contributed by atoms with van der Waals surface area (Å²) >= 11 is 0. The van der Waals surface area contributed by atoms with Crippen LogP contribution in [-0.4, -0.2) is 37.6 Å². The van der Waals surface area contributed by atoms with E-state index in [1.165, 1.54) is 36.1 Å². The van der Waals surface area contributed by atoms with Gasteiger partial charge in [0, 0.05) is 35.8 Å². The van der Waals surface area contributed by atoms with E-state index in [0.29, 0.717) is 22.4 Å². The number of hydrogen-bond acceptors (Lipinski definition) is 6. The molecule has 0 aliphatic rings. The van der Waals surface area contributed by atoms with E-state index in [-0.39, 0.29) is 41.0 Å². The molecule has 0 unspecified atom stereocenters. The van der Waals surface area contributed by atoms with Gasteiger partial charge < -0.3 is 20.1 Å². The summed E-state index contributed by atoms with van der Waals surface area (Å²) in [6.45, 7) is 0. The number of aromatic amines is 1. The van der Waals surface area contributed by atoms with Crippen molar-refractivity contribution in [2.24, 2.45) is 0 Å². The molecule has 11 heteroatoms. The van der Waals surface area contributed by atoms with Crippen LogP contribution in [0.15, 0.2) is 90.0 Å². The maximum atomic E-state index is 14.2. The number of halogens is 2. The number of carbonyl (C=O) groups excluding carboxylic acids is 1. The number of phenolic OH excluding ortho intramolecular Hbond substituents is 1. The topological polar surface area (TPSA) is 122 Å². The largest absolute Gasteiger partial charge is 0.508 e. The van der Waals surface area contributed by atoms with Gasteiger partial charge in [-0.15, -0.1) is 0 Å². The van der Waals surface area contributed by atoms with E-state index in [1.807, 2.05) is 0 Å². The summed E-state index contributed by atoms with van der Waals surface area (Å²) in [7, 11) is 1.52. The molecule has 3 heterocycles. The van der Waals surface area contributed by atoms with Gasteiger partial charge in [-0.3, -0.25) is 14.2 Å². The number of rotatable bonds is 8. The van der Waals surface area contributed by atoms with Crippen molar-refractivity contribution in [2.75, 3.05) is 7.11 Å². The summed E-state index contributed by atoms with van der Waals surface area (Å²) in [4.78, 5) is 39.4. The minimum Gasteiger partial charge on any atom is -0.508 e. The first kappa shape index (κ1) is 27.6. The molecule has 1 atom stereocenters. The number of H-pyrrole nitrogens is 1. The third-order valence-corrected chi connectivity index (χ3v) is 7.11. The number of nitrogens with one attached hydrogen (secondary N) is 2. The molecule has 6 rings (SSSR count). The Morgan fingerprint density at radius 2 is 1.81 bits per heavy atom. The molecule has 3 aromatic heterocycles. The van der Waals surface area contributed by atoms with Crippen molar-refractivity contribution >= 4 is 27.8 Å². The maximum Gasteiger partial charge on any atom is 0.267 e. The van der Waals surface area contributed by atoms with Crippen molar-refractivity contribution in [2.45, 2.75) is 18.9 Å². The van der Waals surface area contributed by atoms with E-state index in [4.69, 9.17) is 4.74 Å². The Balaban J connectivity index is 1.47. The van der Waals surface area contributed by atoms with Crippen molar-refractivity contribution in [1.29, 1.82) is 0 Å². The SMILES string of the molecule is COc1ccc(-n2c([C@H](Cc3cc(F)cc(F)c3)NC(=O)Cc3c[nH]c4ccc(O)cc34)nc3ncccc3c2=O)cc1. The lowest BCUT2D eigenvalue weighted by Gasteiger charge is -2.23. The van der Waals surface area contributed by atoms with Gasteiger partial charge in [0.2, 0.25) is 5.91 Å². The fourth-order valence-electron chi connectivity index (χ4n) is 5.15. The van der Waals surface area contributed by atoms with E-state index >= 15 is 0 Å². The summed E-state index contributed by atoms with van der Waals surface area (Å²) < 4.78 is 35.1. The fourth-order valence-corrected chi connectivity index (χ4v) is 5.15. The van der Waals surface area contributed by atoms with Crippen LogP contribution in [-0.2, 0) is 17.6 Å². The van der Waals surface area contributed by atoms with Gasteiger partial charge in [-0.05, 0) is 77.9 Å².